The fraction of sp³-hybridized carbons (Fsp3) is 1.00. The van der Waals surface area contributed by atoms with Crippen molar-refractivity contribution in [2.24, 2.45) is 0 Å². The van der Waals surface area contributed by atoms with Gasteiger partial charge in [-0.05, 0) is 0 Å². The maximum atomic E-state index is 10.3. The topological polar surface area (TPSA) is 34.1 Å². The summed E-state index contributed by atoms with van der Waals surface area (Å²) in [5, 5.41) is 0.648. The van der Waals surface area contributed by atoms with Gasteiger partial charge in [-0.1, -0.05) is 27.7 Å². The Balaban J connectivity index is 0. The highest BCUT2D eigenvalue weighted by atomic mass is 32.2. The van der Waals surface area contributed by atoms with Crippen molar-refractivity contribution in [1.29, 1.82) is 0 Å². The highest BCUT2D eigenvalue weighted by Crippen LogP contribution is 1.86. The molecule has 76 valence electrons. The predicted molar refractivity (Wildman–Crippen MR) is 58.4 cm³/mol. The first-order chi connectivity index (χ1) is 5.29. The second-order valence-corrected chi connectivity index (χ2v) is 6.97. The van der Waals surface area contributed by atoms with Crippen molar-refractivity contribution >= 4 is 21.6 Å². The molecule has 0 heterocycles. The normalized spacial score (nSPS) is 15.3. The third kappa shape index (κ3) is 12.9. The quantitative estimate of drug-likeness (QED) is 0.696. The molecular weight excluding hydrogens is 192 g/mol. The second kappa shape index (κ2) is 7.92. The van der Waals surface area contributed by atoms with Gasteiger partial charge in [-0.15, -0.1) is 0 Å². The van der Waals surface area contributed by atoms with E-state index in [1.165, 1.54) is 0 Å². The van der Waals surface area contributed by atoms with Crippen molar-refractivity contribution < 1.29 is 8.42 Å². The van der Waals surface area contributed by atoms with Crippen LogP contribution in [-0.4, -0.2) is 31.4 Å². The largest absolute Gasteiger partial charge is 0.260 e. The number of rotatable bonds is 2. The zero-order chi connectivity index (χ0) is 10.3. The van der Waals surface area contributed by atoms with Crippen molar-refractivity contribution in [3.8, 4) is 0 Å². The Morgan fingerprint density at radius 1 is 0.750 bits per heavy atom. The Bertz CT molecular complexity index is 135. The minimum absolute atomic E-state index is 0.324. The van der Waals surface area contributed by atoms with Crippen molar-refractivity contribution in [2.75, 3.05) is 12.5 Å². The van der Waals surface area contributed by atoms with E-state index in [-0.39, 0.29) is 0 Å². The third-order valence-electron chi connectivity index (χ3n) is 1.33. The Morgan fingerprint density at radius 3 is 0.833 bits per heavy atom. The smallest absolute Gasteiger partial charge is 0.0288 e. The van der Waals surface area contributed by atoms with Gasteiger partial charge in [0.25, 0.3) is 0 Å². The van der Waals surface area contributed by atoms with Gasteiger partial charge < -0.3 is 0 Å². The molecule has 0 aliphatic rings. The van der Waals surface area contributed by atoms with Gasteiger partial charge in [0.1, 0.15) is 0 Å². The van der Waals surface area contributed by atoms with Gasteiger partial charge in [-0.25, -0.2) is 0 Å². The first-order valence-corrected chi connectivity index (χ1v) is 7.17. The molecule has 0 radical (unpaired) electrons. The lowest BCUT2D eigenvalue weighted by atomic mass is 10.6. The van der Waals surface area contributed by atoms with Crippen molar-refractivity contribution in [3.05, 3.63) is 0 Å². The first-order valence-electron chi connectivity index (χ1n) is 3.93. The van der Waals surface area contributed by atoms with E-state index in [1.54, 1.807) is 12.5 Å². The Kier molecular flexibility index (Phi) is 9.78. The third-order valence-corrected chi connectivity index (χ3v) is 3.98. The molecular formula is C8H20O2S2. The van der Waals surface area contributed by atoms with Crippen LogP contribution in [0.15, 0.2) is 0 Å². The van der Waals surface area contributed by atoms with E-state index in [4.69, 9.17) is 0 Å². The molecule has 4 heteroatoms. The number of hydrogen-bond acceptors (Lipinski definition) is 2. The molecule has 2 atom stereocenters. The van der Waals surface area contributed by atoms with Crippen LogP contribution in [-0.2, 0) is 21.6 Å². The summed E-state index contributed by atoms with van der Waals surface area (Å²) < 4.78 is 20.5. The van der Waals surface area contributed by atoms with E-state index in [9.17, 15) is 8.42 Å². The molecule has 0 aromatic rings. The zero-order valence-electron chi connectivity index (χ0n) is 8.79. The van der Waals surface area contributed by atoms with Crippen LogP contribution in [0.5, 0.6) is 0 Å². The van der Waals surface area contributed by atoms with E-state index < -0.39 is 21.6 Å². The van der Waals surface area contributed by atoms with Crippen LogP contribution >= 0.6 is 0 Å². The molecule has 0 N–H and O–H groups in total. The summed E-state index contributed by atoms with van der Waals surface area (Å²) in [5.74, 6) is 0. The molecule has 0 aromatic heterocycles. The van der Waals surface area contributed by atoms with Crippen LogP contribution in [0.2, 0.25) is 0 Å². The average Bonchev–Trinajstić information content (AvgIpc) is 1.88. The summed E-state index contributed by atoms with van der Waals surface area (Å²) in [6.45, 7) is 7.76. The number of hydrogen-bond donors (Lipinski definition) is 0. The highest BCUT2D eigenvalue weighted by Gasteiger charge is 1.93. The summed E-state index contributed by atoms with van der Waals surface area (Å²) in [7, 11) is -1.23. The average molecular weight is 212 g/mol. The lowest BCUT2D eigenvalue weighted by molar-refractivity contribution is 0.680. The summed E-state index contributed by atoms with van der Waals surface area (Å²) in [6.07, 6.45) is 3.43. The van der Waals surface area contributed by atoms with Crippen molar-refractivity contribution in [2.45, 2.75) is 38.2 Å². The van der Waals surface area contributed by atoms with E-state index in [0.29, 0.717) is 10.5 Å². The molecule has 0 saturated carbocycles. The van der Waals surface area contributed by atoms with E-state index in [2.05, 4.69) is 0 Å². The standard InChI is InChI=1S/2C4H10OS/c2*1-4(2)6(3)5/h2*4H,1-3H3/t2*6-/m10/s1. The molecule has 0 aromatic carbocycles. The second-order valence-electron chi connectivity index (χ2n) is 3.09. The van der Waals surface area contributed by atoms with E-state index >= 15 is 0 Å². The van der Waals surface area contributed by atoms with Crippen molar-refractivity contribution in [3.63, 3.8) is 0 Å². The van der Waals surface area contributed by atoms with Crippen LogP contribution in [0.25, 0.3) is 0 Å². The van der Waals surface area contributed by atoms with Gasteiger partial charge >= 0.3 is 0 Å². The molecule has 0 aliphatic carbocycles. The highest BCUT2D eigenvalue weighted by molar-refractivity contribution is 7.85. The molecule has 0 fully saturated rings. The Hall–Kier alpha value is 0.300. The van der Waals surface area contributed by atoms with Gasteiger partial charge in [0.15, 0.2) is 0 Å². The van der Waals surface area contributed by atoms with E-state index in [0.717, 1.165) is 0 Å². The summed E-state index contributed by atoms with van der Waals surface area (Å²) in [5.41, 5.74) is 0. The lowest BCUT2D eigenvalue weighted by Crippen LogP contribution is -2.00. The fourth-order valence-electron chi connectivity index (χ4n) is 0. The van der Waals surface area contributed by atoms with E-state index in [1.807, 2.05) is 27.7 Å². The fourth-order valence-corrected chi connectivity index (χ4v) is 0. The summed E-state index contributed by atoms with van der Waals surface area (Å²) in [6, 6.07) is 0. The Labute approximate surface area is 81.0 Å². The first kappa shape index (κ1) is 14.8. The maximum absolute atomic E-state index is 10.3. The molecule has 0 spiro atoms. The molecule has 12 heavy (non-hydrogen) atoms. The molecule has 0 bridgehead atoms. The van der Waals surface area contributed by atoms with Gasteiger partial charge in [0, 0.05) is 44.6 Å². The molecule has 0 saturated heterocycles. The lowest BCUT2D eigenvalue weighted by Gasteiger charge is -1.92. The molecule has 2 nitrogen and oxygen atoms in total. The molecule has 0 unspecified atom stereocenters. The van der Waals surface area contributed by atoms with Crippen LogP contribution in [0, 0.1) is 0 Å². The predicted octanol–water partition coefficient (Wildman–Crippen LogP) is 1.55. The molecule has 0 amide bonds. The van der Waals surface area contributed by atoms with Gasteiger partial charge in [0.2, 0.25) is 0 Å². The monoisotopic (exact) mass is 212 g/mol. The summed E-state index contributed by atoms with van der Waals surface area (Å²) >= 11 is 0. The van der Waals surface area contributed by atoms with Crippen LogP contribution in [0.3, 0.4) is 0 Å². The van der Waals surface area contributed by atoms with Crippen LogP contribution < -0.4 is 0 Å². The summed E-state index contributed by atoms with van der Waals surface area (Å²) in [4.78, 5) is 0. The van der Waals surface area contributed by atoms with Gasteiger partial charge in [-0.2, -0.15) is 0 Å². The van der Waals surface area contributed by atoms with Crippen molar-refractivity contribution in [1.82, 2.24) is 0 Å². The minimum atomic E-state index is -0.617. The SMILES string of the molecule is CC(C)[S@@](C)=O.CC(C)[S@](C)=O. The maximum Gasteiger partial charge on any atom is 0.0288 e. The molecule has 0 rings (SSSR count). The molecule has 0 aliphatic heterocycles. The van der Waals surface area contributed by atoms with Crippen LogP contribution in [0.4, 0.5) is 0 Å². The Morgan fingerprint density at radius 2 is 0.833 bits per heavy atom. The minimum Gasteiger partial charge on any atom is -0.260 e. The van der Waals surface area contributed by atoms with Gasteiger partial charge in [-0.3, -0.25) is 8.42 Å². The van der Waals surface area contributed by atoms with Crippen LogP contribution in [0.1, 0.15) is 27.7 Å². The van der Waals surface area contributed by atoms with Gasteiger partial charge in [0.05, 0.1) is 0 Å². The zero-order valence-corrected chi connectivity index (χ0v) is 10.4.